The van der Waals surface area contributed by atoms with Crippen molar-refractivity contribution < 1.29 is 27.1 Å². The molecule has 0 bridgehead atoms. The number of rotatable bonds is 6. The lowest BCUT2D eigenvalue weighted by Gasteiger charge is -2.21. The van der Waals surface area contributed by atoms with E-state index in [-0.39, 0.29) is 11.3 Å². The number of hydrogen-bond donors (Lipinski definition) is 2. The number of thiazole rings is 1. The summed E-state index contributed by atoms with van der Waals surface area (Å²) in [6.07, 6.45) is 3.03. The standard InChI is InChI=1S/C31H28FN3O5S2/c1-33-30(37)27-22-15-21(18-6-4-7-19(14-18)31-34-28-24(36)8-5-9-26(28)41-31)23(35(2)42(3,38)39)16-25(22)40-29(27)17-10-12-20(32)13-11-17/h4,6-7,10-16,24,36H,5,8-9H2,1-3H3,(H,33,37). The quantitative estimate of drug-likeness (QED) is 0.240. The number of aliphatic hydroxyl groups is 1. The number of fused-ring (bicyclic) bond motifs is 2. The summed E-state index contributed by atoms with van der Waals surface area (Å²) in [7, 11) is -0.702. The zero-order chi connectivity index (χ0) is 29.8. The van der Waals surface area contributed by atoms with Crippen LogP contribution >= 0.6 is 11.3 Å². The first kappa shape index (κ1) is 28.1. The minimum atomic E-state index is -3.67. The molecule has 0 saturated carbocycles. The van der Waals surface area contributed by atoms with Crippen LogP contribution in [0.4, 0.5) is 10.1 Å². The van der Waals surface area contributed by atoms with Crippen LogP contribution in [-0.2, 0) is 16.4 Å². The molecule has 0 spiro atoms. The number of aliphatic hydroxyl groups excluding tert-OH is 1. The van der Waals surface area contributed by atoms with Crippen molar-refractivity contribution in [2.75, 3.05) is 24.7 Å². The van der Waals surface area contributed by atoms with Crippen LogP contribution in [0.15, 0.2) is 65.1 Å². The number of halogens is 1. The van der Waals surface area contributed by atoms with Gasteiger partial charge in [0, 0.05) is 47.1 Å². The Labute approximate surface area is 246 Å². The molecule has 216 valence electrons. The molecule has 0 saturated heterocycles. The highest BCUT2D eigenvalue weighted by Gasteiger charge is 2.27. The van der Waals surface area contributed by atoms with Gasteiger partial charge in [-0.3, -0.25) is 9.10 Å². The number of carbonyl (C=O) groups excluding carboxylic acids is 1. The van der Waals surface area contributed by atoms with Crippen LogP contribution in [0.25, 0.3) is 44.0 Å². The predicted molar refractivity (Wildman–Crippen MR) is 163 cm³/mol. The van der Waals surface area contributed by atoms with Crippen molar-refractivity contribution in [2.24, 2.45) is 0 Å². The summed E-state index contributed by atoms with van der Waals surface area (Å²) in [5.41, 5.74) is 4.26. The first-order chi connectivity index (χ1) is 20.0. The van der Waals surface area contributed by atoms with Crippen LogP contribution in [0.3, 0.4) is 0 Å². The monoisotopic (exact) mass is 605 g/mol. The van der Waals surface area contributed by atoms with E-state index in [0.717, 1.165) is 40.2 Å². The Kier molecular flexibility index (Phi) is 7.12. The predicted octanol–water partition coefficient (Wildman–Crippen LogP) is 6.15. The van der Waals surface area contributed by atoms with E-state index in [1.165, 1.54) is 42.7 Å². The van der Waals surface area contributed by atoms with Gasteiger partial charge in [0.1, 0.15) is 22.2 Å². The fraction of sp³-hybridized carbons (Fsp3) is 0.226. The number of carbonyl (C=O) groups is 1. The number of sulfonamides is 1. The van der Waals surface area contributed by atoms with Crippen LogP contribution in [-0.4, -0.2) is 44.8 Å². The molecule has 1 unspecified atom stereocenters. The zero-order valence-electron chi connectivity index (χ0n) is 23.1. The fourth-order valence-corrected chi connectivity index (χ4v) is 6.96. The number of anilines is 1. The number of furan rings is 1. The maximum atomic E-state index is 13.7. The van der Waals surface area contributed by atoms with Crippen molar-refractivity contribution >= 4 is 43.9 Å². The average Bonchev–Trinajstić information content (AvgIpc) is 3.58. The third kappa shape index (κ3) is 4.97. The van der Waals surface area contributed by atoms with Gasteiger partial charge in [0.25, 0.3) is 5.91 Å². The lowest BCUT2D eigenvalue weighted by molar-refractivity contribution is 0.0964. The second-order valence-electron chi connectivity index (χ2n) is 10.3. The summed E-state index contributed by atoms with van der Waals surface area (Å²) in [5.74, 6) is -0.578. The van der Waals surface area contributed by atoms with E-state index in [0.29, 0.717) is 39.8 Å². The summed E-state index contributed by atoms with van der Waals surface area (Å²) in [4.78, 5) is 19.0. The first-order valence-corrected chi connectivity index (χ1v) is 16.0. The highest BCUT2D eigenvalue weighted by Crippen LogP contribution is 2.43. The van der Waals surface area contributed by atoms with E-state index >= 15 is 0 Å². The second-order valence-corrected chi connectivity index (χ2v) is 13.4. The van der Waals surface area contributed by atoms with Gasteiger partial charge in [0.05, 0.1) is 29.3 Å². The maximum absolute atomic E-state index is 13.7. The Bertz CT molecular complexity index is 1950. The van der Waals surface area contributed by atoms with Gasteiger partial charge in [0.15, 0.2) is 0 Å². The van der Waals surface area contributed by atoms with Gasteiger partial charge < -0.3 is 14.8 Å². The van der Waals surface area contributed by atoms with Gasteiger partial charge in [0.2, 0.25) is 10.0 Å². The summed E-state index contributed by atoms with van der Waals surface area (Å²) in [6.45, 7) is 0. The molecule has 2 aromatic heterocycles. The molecule has 11 heteroatoms. The number of amides is 1. The molecule has 1 aliphatic carbocycles. The van der Waals surface area contributed by atoms with Crippen molar-refractivity contribution in [3.63, 3.8) is 0 Å². The van der Waals surface area contributed by atoms with Gasteiger partial charge >= 0.3 is 0 Å². The van der Waals surface area contributed by atoms with Crippen LogP contribution in [0.1, 0.15) is 39.9 Å². The van der Waals surface area contributed by atoms with E-state index in [2.05, 4.69) is 5.32 Å². The molecule has 8 nitrogen and oxygen atoms in total. The van der Waals surface area contributed by atoms with E-state index in [1.807, 2.05) is 24.3 Å². The third-order valence-corrected chi connectivity index (χ3v) is 9.92. The van der Waals surface area contributed by atoms with Crippen molar-refractivity contribution in [3.8, 4) is 33.0 Å². The van der Waals surface area contributed by atoms with Gasteiger partial charge in [-0.1, -0.05) is 18.2 Å². The first-order valence-electron chi connectivity index (χ1n) is 13.4. The maximum Gasteiger partial charge on any atom is 0.255 e. The number of aromatic nitrogens is 1. The molecule has 3 aromatic carbocycles. The lowest BCUT2D eigenvalue weighted by Crippen LogP contribution is -2.25. The molecule has 2 heterocycles. The molecule has 0 aliphatic heterocycles. The normalized spacial score (nSPS) is 15.0. The fourth-order valence-electron chi connectivity index (χ4n) is 5.30. The van der Waals surface area contributed by atoms with Crippen molar-refractivity contribution in [1.29, 1.82) is 0 Å². The molecular weight excluding hydrogens is 577 g/mol. The highest BCUT2D eigenvalue weighted by molar-refractivity contribution is 7.92. The molecule has 2 N–H and O–H groups in total. The molecule has 5 aromatic rings. The molecule has 0 radical (unpaired) electrons. The van der Waals surface area contributed by atoms with E-state index < -0.39 is 27.9 Å². The van der Waals surface area contributed by atoms with Crippen molar-refractivity contribution in [2.45, 2.75) is 25.4 Å². The van der Waals surface area contributed by atoms with E-state index in [9.17, 15) is 22.7 Å². The number of hydrogen-bond acceptors (Lipinski definition) is 7. The van der Waals surface area contributed by atoms with Gasteiger partial charge in [-0.25, -0.2) is 17.8 Å². The lowest BCUT2D eigenvalue weighted by atomic mass is 9.97. The zero-order valence-corrected chi connectivity index (χ0v) is 24.8. The molecule has 6 rings (SSSR count). The summed E-state index contributed by atoms with van der Waals surface area (Å²) >= 11 is 1.55. The Hall–Kier alpha value is -4.06. The number of nitrogens with one attached hydrogen (secondary N) is 1. The van der Waals surface area contributed by atoms with Crippen molar-refractivity contribution in [3.05, 3.63) is 82.6 Å². The molecule has 1 aliphatic rings. The smallest absolute Gasteiger partial charge is 0.255 e. The minimum absolute atomic E-state index is 0.245. The Morgan fingerprint density at radius 1 is 1.12 bits per heavy atom. The van der Waals surface area contributed by atoms with Gasteiger partial charge in [-0.15, -0.1) is 11.3 Å². The summed E-state index contributed by atoms with van der Waals surface area (Å²) in [5, 5.41) is 14.3. The average molecular weight is 606 g/mol. The number of aryl methyl sites for hydroxylation is 1. The minimum Gasteiger partial charge on any atom is -0.455 e. The molecule has 1 amide bonds. The third-order valence-electron chi connectivity index (χ3n) is 7.55. The molecular formula is C31H28FN3O5S2. The SMILES string of the molecule is CNC(=O)c1c(-c2ccc(F)cc2)oc2cc(N(C)S(C)(=O)=O)c(-c3cccc(-c4nc5c(s4)CCCC5O)c3)cc12. The highest BCUT2D eigenvalue weighted by atomic mass is 32.2. The largest absolute Gasteiger partial charge is 0.455 e. The molecule has 1 atom stereocenters. The molecule has 0 fully saturated rings. The van der Waals surface area contributed by atoms with Crippen LogP contribution in [0.5, 0.6) is 0 Å². The van der Waals surface area contributed by atoms with Crippen molar-refractivity contribution in [1.82, 2.24) is 10.3 Å². The topological polar surface area (TPSA) is 113 Å². The molecule has 42 heavy (non-hydrogen) atoms. The van der Waals surface area contributed by atoms with E-state index in [4.69, 9.17) is 9.40 Å². The summed E-state index contributed by atoms with van der Waals surface area (Å²) in [6, 6.07) is 16.6. The summed E-state index contributed by atoms with van der Waals surface area (Å²) < 4.78 is 46.5. The number of benzene rings is 3. The second kappa shape index (κ2) is 10.6. The van der Waals surface area contributed by atoms with Gasteiger partial charge in [-0.05, 0) is 61.2 Å². The van der Waals surface area contributed by atoms with Crippen LogP contribution in [0.2, 0.25) is 0 Å². The van der Waals surface area contributed by atoms with E-state index in [1.54, 1.807) is 23.5 Å². The van der Waals surface area contributed by atoms with Crippen LogP contribution < -0.4 is 9.62 Å². The Balaban J connectivity index is 1.58. The Morgan fingerprint density at radius 2 is 1.86 bits per heavy atom. The van der Waals surface area contributed by atoms with Crippen LogP contribution in [0, 0.1) is 5.82 Å². The number of nitrogens with zero attached hydrogens (tertiary/aromatic N) is 2. The Morgan fingerprint density at radius 3 is 2.55 bits per heavy atom. The van der Waals surface area contributed by atoms with Gasteiger partial charge in [-0.2, -0.15) is 0 Å².